The van der Waals surface area contributed by atoms with Gasteiger partial charge in [0.2, 0.25) is 0 Å². The predicted octanol–water partition coefficient (Wildman–Crippen LogP) is 2.21. The maximum Gasteiger partial charge on any atom is 0.348 e. The molecule has 0 saturated heterocycles. The number of ether oxygens (including phenoxy) is 2. The SMILES string of the molecule is Cc1ccc(S(=O)(=O)CCSc2n[nH]c(=O)n2-c2ccc3c(c2)OCCO3)cc1. The molecule has 0 saturated carbocycles. The normalized spacial score (nSPS) is 13.4. The van der Waals surface area contributed by atoms with Crippen LogP contribution in [0.5, 0.6) is 11.5 Å². The van der Waals surface area contributed by atoms with Crippen LogP contribution in [0.4, 0.5) is 0 Å². The Balaban J connectivity index is 1.51. The Hall–Kier alpha value is -2.72. The number of sulfone groups is 1. The van der Waals surface area contributed by atoms with Crippen LogP contribution in [0.2, 0.25) is 0 Å². The van der Waals surface area contributed by atoms with Crippen LogP contribution in [-0.4, -0.2) is 47.9 Å². The van der Waals surface area contributed by atoms with E-state index >= 15 is 0 Å². The number of thioether (sulfide) groups is 1. The molecule has 1 aromatic heterocycles. The summed E-state index contributed by atoms with van der Waals surface area (Å²) in [5.41, 5.74) is 1.15. The third kappa shape index (κ3) is 4.18. The van der Waals surface area contributed by atoms with Gasteiger partial charge in [0.1, 0.15) is 13.2 Å². The number of fused-ring (bicyclic) bond motifs is 1. The van der Waals surface area contributed by atoms with Crippen molar-refractivity contribution in [3.63, 3.8) is 0 Å². The van der Waals surface area contributed by atoms with Gasteiger partial charge in [0, 0.05) is 11.8 Å². The van der Waals surface area contributed by atoms with Gasteiger partial charge in [-0.1, -0.05) is 29.5 Å². The molecule has 0 fully saturated rings. The molecule has 8 nitrogen and oxygen atoms in total. The Labute approximate surface area is 171 Å². The van der Waals surface area contributed by atoms with Crippen molar-refractivity contribution < 1.29 is 17.9 Å². The van der Waals surface area contributed by atoms with Crippen molar-refractivity contribution >= 4 is 21.6 Å². The lowest BCUT2D eigenvalue weighted by Gasteiger charge is -2.19. The van der Waals surface area contributed by atoms with E-state index < -0.39 is 15.5 Å². The second-order valence-electron chi connectivity index (χ2n) is 6.46. The van der Waals surface area contributed by atoms with Crippen molar-refractivity contribution in [2.24, 2.45) is 0 Å². The summed E-state index contributed by atoms with van der Waals surface area (Å²) in [6, 6.07) is 11.9. The third-order valence-electron chi connectivity index (χ3n) is 4.39. The molecular formula is C19H19N3O5S2. The number of aromatic nitrogens is 3. The lowest BCUT2D eigenvalue weighted by Crippen LogP contribution is -2.18. The molecule has 3 aromatic rings. The van der Waals surface area contributed by atoms with Gasteiger partial charge in [-0.2, -0.15) is 0 Å². The topological polar surface area (TPSA) is 103 Å². The fourth-order valence-corrected chi connectivity index (χ4v) is 5.49. The van der Waals surface area contributed by atoms with Gasteiger partial charge < -0.3 is 9.47 Å². The van der Waals surface area contributed by atoms with Crippen molar-refractivity contribution in [3.8, 4) is 17.2 Å². The van der Waals surface area contributed by atoms with Crippen LogP contribution in [0, 0.1) is 6.92 Å². The van der Waals surface area contributed by atoms with E-state index in [9.17, 15) is 13.2 Å². The maximum atomic E-state index is 12.5. The van der Waals surface area contributed by atoms with Crippen molar-refractivity contribution in [1.82, 2.24) is 14.8 Å². The van der Waals surface area contributed by atoms with E-state index in [1.165, 1.54) is 16.3 Å². The summed E-state index contributed by atoms with van der Waals surface area (Å²) < 4.78 is 37.5. The van der Waals surface area contributed by atoms with Crippen LogP contribution in [0.25, 0.3) is 5.69 Å². The molecular weight excluding hydrogens is 414 g/mol. The molecule has 0 aliphatic carbocycles. The Kier molecular flexibility index (Phi) is 5.37. The van der Waals surface area contributed by atoms with Crippen molar-refractivity contribution in [2.45, 2.75) is 17.0 Å². The molecule has 1 N–H and O–H groups in total. The summed E-state index contributed by atoms with van der Waals surface area (Å²) >= 11 is 1.19. The molecule has 2 aromatic carbocycles. The summed E-state index contributed by atoms with van der Waals surface area (Å²) in [5, 5.41) is 6.83. The second kappa shape index (κ2) is 7.96. The van der Waals surface area contributed by atoms with Gasteiger partial charge >= 0.3 is 5.69 Å². The molecule has 2 heterocycles. The van der Waals surface area contributed by atoms with Crippen molar-refractivity contribution in [2.75, 3.05) is 24.7 Å². The van der Waals surface area contributed by atoms with Gasteiger partial charge in [-0.3, -0.25) is 0 Å². The predicted molar refractivity (Wildman–Crippen MR) is 109 cm³/mol. The monoisotopic (exact) mass is 433 g/mol. The fourth-order valence-electron chi connectivity index (χ4n) is 2.88. The molecule has 0 atom stereocenters. The molecule has 0 radical (unpaired) electrons. The van der Waals surface area contributed by atoms with Crippen LogP contribution >= 0.6 is 11.8 Å². The smallest absolute Gasteiger partial charge is 0.348 e. The number of nitrogens with zero attached hydrogens (tertiary/aromatic N) is 2. The molecule has 0 unspecified atom stereocenters. The molecule has 29 heavy (non-hydrogen) atoms. The van der Waals surface area contributed by atoms with Gasteiger partial charge in [0.05, 0.1) is 16.3 Å². The lowest BCUT2D eigenvalue weighted by atomic mass is 10.2. The zero-order chi connectivity index (χ0) is 20.4. The minimum Gasteiger partial charge on any atom is -0.486 e. The summed E-state index contributed by atoms with van der Waals surface area (Å²) in [6.45, 7) is 2.82. The second-order valence-corrected chi connectivity index (χ2v) is 9.63. The minimum absolute atomic E-state index is 0.0666. The van der Waals surface area contributed by atoms with Crippen molar-refractivity contribution in [1.29, 1.82) is 0 Å². The van der Waals surface area contributed by atoms with E-state index in [0.29, 0.717) is 35.6 Å². The summed E-state index contributed by atoms with van der Waals surface area (Å²) in [5.74, 6) is 1.36. The first-order chi connectivity index (χ1) is 13.9. The number of H-pyrrole nitrogens is 1. The molecule has 0 spiro atoms. The fraction of sp³-hybridized carbons (Fsp3) is 0.263. The molecule has 4 rings (SSSR count). The highest BCUT2D eigenvalue weighted by atomic mass is 32.2. The Morgan fingerprint density at radius 2 is 1.83 bits per heavy atom. The van der Waals surface area contributed by atoms with Crippen molar-refractivity contribution in [3.05, 3.63) is 58.5 Å². The van der Waals surface area contributed by atoms with Gasteiger partial charge in [-0.15, -0.1) is 5.10 Å². The average Bonchev–Trinajstić information content (AvgIpc) is 3.08. The van der Waals surface area contributed by atoms with Gasteiger partial charge in [0.25, 0.3) is 0 Å². The highest BCUT2D eigenvalue weighted by molar-refractivity contribution is 8.00. The number of benzene rings is 2. The van der Waals surface area contributed by atoms with Crippen LogP contribution in [0.1, 0.15) is 5.56 Å². The highest BCUT2D eigenvalue weighted by Gasteiger charge is 2.18. The molecule has 1 aliphatic rings. The van der Waals surface area contributed by atoms with E-state index in [1.807, 2.05) is 6.92 Å². The van der Waals surface area contributed by atoms with Gasteiger partial charge in [-0.05, 0) is 31.2 Å². The quantitative estimate of drug-likeness (QED) is 0.595. The lowest BCUT2D eigenvalue weighted by molar-refractivity contribution is 0.171. The molecule has 0 bridgehead atoms. The van der Waals surface area contributed by atoms with Crippen LogP contribution in [0.15, 0.2) is 57.3 Å². The minimum atomic E-state index is -3.41. The largest absolute Gasteiger partial charge is 0.486 e. The van der Waals surface area contributed by atoms with Crippen LogP contribution < -0.4 is 15.2 Å². The first-order valence-corrected chi connectivity index (χ1v) is 11.6. The first-order valence-electron chi connectivity index (χ1n) is 8.94. The summed E-state index contributed by atoms with van der Waals surface area (Å²) in [6.07, 6.45) is 0. The highest BCUT2D eigenvalue weighted by Crippen LogP contribution is 2.32. The van der Waals surface area contributed by atoms with Crippen LogP contribution in [-0.2, 0) is 9.84 Å². The van der Waals surface area contributed by atoms with E-state index in [2.05, 4.69) is 10.2 Å². The Morgan fingerprint density at radius 3 is 2.59 bits per heavy atom. The summed E-state index contributed by atoms with van der Waals surface area (Å²) in [4.78, 5) is 12.6. The number of hydrogen-bond acceptors (Lipinski definition) is 7. The number of nitrogens with one attached hydrogen (secondary N) is 1. The van der Waals surface area contributed by atoms with Crippen LogP contribution in [0.3, 0.4) is 0 Å². The summed E-state index contributed by atoms with van der Waals surface area (Å²) in [7, 11) is -3.41. The number of aromatic amines is 1. The Morgan fingerprint density at radius 1 is 1.10 bits per heavy atom. The molecule has 0 amide bonds. The van der Waals surface area contributed by atoms with E-state index in [0.717, 1.165) is 5.56 Å². The molecule has 10 heteroatoms. The third-order valence-corrected chi connectivity index (χ3v) is 7.32. The van der Waals surface area contributed by atoms with E-state index in [1.54, 1.807) is 42.5 Å². The van der Waals surface area contributed by atoms with E-state index in [-0.39, 0.29) is 16.4 Å². The number of rotatable bonds is 6. The number of aryl methyl sites for hydroxylation is 1. The zero-order valence-corrected chi connectivity index (χ0v) is 17.3. The average molecular weight is 434 g/mol. The van der Waals surface area contributed by atoms with Gasteiger partial charge in [-0.25, -0.2) is 22.9 Å². The van der Waals surface area contributed by atoms with Gasteiger partial charge in [0.15, 0.2) is 26.5 Å². The Bertz CT molecular complexity index is 1180. The standard InChI is InChI=1S/C19H19N3O5S2/c1-13-2-5-15(6-3-13)29(24,25)11-10-28-19-21-20-18(23)22(19)14-4-7-16-17(12-14)27-9-8-26-16/h2-7,12H,8-11H2,1H3,(H,20,23). The molecule has 1 aliphatic heterocycles. The van der Waals surface area contributed by atoms with E-state index in [4.69, 9.17) is 9.47 Å². The molecule has 152 valence electrons. The first kappa shape index (κ1) is 19.6. The maximum absolute atomic E-state index is 12.5. The number of hydrogen-bond donors (Lipinski definition) is 1. The zero-order valence-electron chi connectivity index (χ0n) is 15.6.